The second-order valence-corrected chi connectivity index (χ2v) is 25.4. The summed E-state index contributed by atoms with van der Waals surface area (Å²) in [7, 11) is 1.21. The first-order valence-corrected chi connectivity index (χ1v) is 34.5. The number of esters is 1. The molecule has 0 bridgehead atoms. The molecule has 0 aliphatic heterocycles. The maximum absolute atomic E-state index is 13.5. The number of hydrogen-bond acceptors (Lipinski definition) is 7. The Kier molecular flexibility index (Phi) is 55.1. The van der Waals surface area contributed by atoms with E-state index in [4.69, 9.17) is 13.8 Å². The van der Waals surface area contributed by atoms with Crippen LogP contribution in [0.5, 0.6) is 0 Å². The average Bonchev–Trinajstić information content (AvgIpc) is 3.37. The molecule has 0 saturated carbocycles. The quantitative estimate of drug-likeness (QED) is 0.0212. The Morgan fingerprint density at radius 3 is 1.09 bits per heavy atom. The number of carbonyl (C=O) groups excluding carboxylic acids is 2. The van der Waals surface area contributed by atoms with E-state index in [1.165, 1.54) is 250 Å². The number of ether oxygens (including phenoxy) is 1. The zero-order valence-corrected chi connectivity index (χ0v) is 51.9. The summed E-state index contributed by atoms with van der Waals surface area (Å²) < 4.78 is 30.3. The highest BCUT2D eigenvalue weighted by Crippen LogP contribution is 2.38. The Labute approximate surface area is 467 Å². The molecule has 3 unspecified atom stereocenters. The minimum atomic E-state index is -4.69. The molecule has 0 aromatic heterocycles. The summed E-state index contributed by atoms with van der Waals surface area (Å²) in [6.45, 7) is 6.88. The van der Waals surface area contributed by atoms with Gasteiger partial charge in [-0.3, -0.25) is 14.2 Å². The number of likely N-dealkylation sites (N-methyl/N-ethyl adjacent to an activating group) is 1. The number of nitrogens with zero attached hydrogens (tertiary/aromatic N) is 1. The number of rotatable bonds is 61. The van der Waals surface area contributed by atoms with Crippen molar-refractivity contribution >= 4 is 19.7 Å². The van der Waals surface area contributed by atoms with E-state index < -0.39 is 20.0 Å². The summed E-state index contributed by atoms with van der Waals surface area (Å²) in [5.74, 6) is -0.522. The summed E-state index contributed by atoms with van der Waals surface area (Å²) in [6, 6.07) is -0.878. The van der Waals surface area contributed by atoms with Crippen molar-refractivity contribution in [2.24, 2.45) is 0 Å². The van der Waals surface area contributed by atoms with E-state index in [0.29, 0.717) is 17.4 Å². The first-order chi connectivity index (χ1) is 36.4. The third kappa shape index (κ3) is 57.3. The number of phosphoric ester groups is 1. The van der Waals surface area contributed by atoms with E-state index in [1.54, 1.807) is 0 Å². The molecule has 0 radical (unpaired) electrons. The van der Waals surface area contributed by atoms with Crippen molar-refractivity contribution in [2.45, 2.75) is 354 Å². The Bertz CT molecular complexity index is 1290. The van der Waals surface area contributed by atoms with E-state index in [9.17, 15) is 19.0 Å². The summed E-state index contributed by atoms with van der Waals surface area (Å²) in [6.07, 6.45) is 64.9. The van der Waals surface area contributed by atoms with Crippen LogP contribution in [0.2, 0.25) is 0 Å². The average molecular weight is 1080 g/mol. The van der Waals surface area contributed by atoms with Crippen molar-refractivity contribution in [3.63, 3.8) is 0 Å². The van der Waals surface area contributed by atoms with E-state index in [2.05, 4.69) is 26.1 Å². The minimum absolute atomic E-state index is 0.0169. The third-order valence-corrected chi connectivity index (χ3v) is 16.2. The fraction of sp³-hybridized carbons (Fsp3) is 0.938. The second-order valence-electron chi connectivity index (χ2n) is 24.0. The lowest BCUT2D eigenvalue weighted by molar-refractivity contribution is -0.870. The first-order valence-electron chi connectivity index (χ1n) is 33.0. The van der Waals surface area contributed by atoms with Gasteiger partial charge in [-0.05, 0) is 31.8 Å². The zero-order valence-electron chi connectivity index (χ0n) is 51.0. The predicted molar refractivity (Wildman–Crippen MR) is 321 cm³/mol. The number of allylic oxidation sites excluding steroid dienone is 1. The molecule has 0 fully saturated rings. The van der Waals surface area contributed by atoms with Crippen LogP contribution < -0.4 is 10.2 Å². The Morgan fingerprint density at radius 2 is 0.760 bits per heavy atom. The van der Waals surface area contributed by atoms with Crippen molar-refractivity contribution in [1.29, 1.82) is 0 Å². The van der Waals surface area contributed by atoms with Gasteiger partial charge in [0.2, 0.25) is 5.91 Å². The molecule has 3 atom stereocenters. The van der Waals surface area contributed by atoms with Crippen molar-refractivity contribution in [2.75, 3.05) is 40.9 Å². The first kappa shape index (κ1) is 73.8. The van der Waals surface area contributed by atoms with Gasteiger partial charge in [0.1, 0.15) is 19.3 Å². The lowest BCUT2D eigenvalue weighted by Gasteiger charge is -2.30. The van der Waals surface area contributed by atoms with Crippen molar-refractivity contribution in [3.05, 3.63) is 12.2 Å². The number of hydrogen-bond donors (Lipinski definition) is 1. The van der Waals surface area contributed by atoms with Gasteiger partial charge < -0.3 is 28.5 Å². The van der Waals surface area contributed by atoms with Gasteiger partial charge in [-0.1, -0.05) is 309 Å². The van der Waals surface area contributed by atoms with Crippen molar-refractivity contribution < 1.29 is 37.3 Å². The molecule has 75 heavy (non-hydrogen) atoms. The number of unbranched alkanes of at least 4 members (excludes halogenated alkanes) is 45. The van der Waals surface area contributed by atoms with Crippen LogP contribution in [0.15, 0.2) is 12.2 Å². The molecule has 0 aliphatic carbocycles. The van der Waals surface area contributed by atoms with Gasteiger partial charge in [-0.2, -0.15) is 0 Å². The predicted octanol–water partition coefficient (Wildman–Crippen LogP) is 19.7. The molecule has 0 aromatic rings. The number of nitrogens with one attached hydrogen (secondary N) is 1. The SMILES string of the molecule is CCCCCCCCCCC/C=C\C(OC(=O)CCCCCCCCCCCCC)C(COP(=O)([O-])OCC[N+](C)(C)C)NC(=O)CCCCCCCCCCCCCCCCCCCCCCCCCCCCC. The fourth-order valence-corrected chi connectivity index (χ4v) is 10.8. The second kappa shape index (κ2) is 56.0. The van der Waals surface area contributed by atoms with Crippen molar-refractivity contribution in [1.82, 2.24) is 5.32 Å². The molecule has 0 aromatic carbocycles. The molecule has 9 nitrogen and oxygen atoms in total. The summed E-state index contributed by atoms with van der Waals surface area (Å²) in [5, 5.41) is 3.04. The molecule has 10 heteroatoms. The molecule has 1 N–H and O–H groups in total. The van der Waals surface area contributed by atoms with Gasteiger partial charge >= 0.3 is 5.97 Å². The summed E-state index contributed by atoms with van der Waals surface area (Å²) in [4.78, 5) is 39.9. The normalized spacial score (nSPS) is 13.6. The molecule has 1 amide bonds. The van der Waals surface area contributed by atoms with Gasteiger partial charge in [0.05, 0.1) is 33.8 Å². The van der Waals surface area contributed by atoms with Gasteiger partial charge in [0, 0.05) is 12.8 Å². The van der Waals surface area contributed by atoms with E-state index >= 15 is 0 Å². The summed E-state index contributed by atoms with van der Waals surface area (Å²) >= 11 is 0. The van der Waals surface area contributed by atoms with Crippen LogP contribution in [0.4, 0.5) is 0 Å². The van der Waals surface area contributed by atoms with Gasteiger partial charge in [-0.15, -0.1) is 0 Å². The monoisotopic (exact) mass is 1080 g/mol. The molecule has 0 spiro atoms. The minimum Gasteiger partial charge on any atom is -0.756 e. The highest BCUT2D eigenvalue weighted by molar-refractivity contribution is 7.45. The Hall–Kier alpha value is -1.25. The number of quaternary nitrogens is 1. The zero-order chi connectivity index (χ0) is 55.0. The topological polar surface area (TPSA) is 114 Å². The van der Waals surface area contributed by atoms with Crippen LogP contribution >= 0.6 is 7.82 Å². The van der Waals surface area contributed by atoms with E-state index in [1.807, 2.05) is 33.3 Å². The van der Waals surface area contributed by atoms with Crippen LogP contribution in [0.3, 0.4) is 0 Å². The van der Waals surface area contributed by atoms with Crippen LogP contribution in [-0.4, -0.2) is 69.4 Å². The van der Waals surface area contributed by atoms with E-state index in [-0.39, 0.29) is 31.5 Å². The van der Waals surface area contributed by atoms with Gasteiger partial charge in [-0.25, -0.2) is 0 Å². The fourth-order valence-electron chi connectivity index (χ4n) is 10.1. The lowest BCUT2D eigenvalue weighted by atomic mass is 10.0. The molecule has 0 saturated heterocycles. The highest BCUT2D eigenvalue weighted by atomic mass is 31.2. The number of carbonyl (C=O) groups is 2. The van der Waals surface area contributed by atoms with Crippen LogP contribution in [0.1, 0.15) is 342 Å². The smallest absolute Gasteiger partial charge is 0.306 e. The largest absolute Gasteiger partial charge is 0.756 e. The number of amides is 1. The molecular weight excluding hydrogens is 952 g/mol. The Balaban J connectivity index is 4.87. The highest BCUT2D eigenvalue weighted by Gasteiger charge is 2.27. The standard InChI is InChI=1S/C65H129N2O7P/c1-7-10-13-16-19-22-25-26-27-28-29-30-31-32-33-34-35-36-37-38-39-40-43-45-48-51-54-57-64(68)66-62(61-73-75(70,71)72-60-59-67(4,5)6)63(56-53-50-47-44-41-23-20-17-14-11-8-2)74-65(69)58-55-52-49-46-42-24-21-18-15-12-9-3/h53,56,62-63H,7-52,54-55,57-61H2,1-6H3,(H-,66,68,70,71)/b56-53-. The molecule has 0 aliphatic rings. The number of phosphoric acid groups is 1. The molecular formula is C65H129N2O7P. The maximum Gasteiger partial charge on any atom is 0.306 e. The van der Waals surface area contributed by atoms with Crippen LogP contribution in [-0.2, 0) is 27.9 Å². The van der Waals surface area contributed by atoms with Gasteiger partial charge in [0.15, 0.2) is 0 Å². The molecule has 0 heterocycles. The van der Waals surface area contributed by atoms with Crippen LogP contribution in [0, 0.1) is 0 Å². The maximum atomic E-state index is 13.5. The Morgan fingerprint density at radius 1 is 0.453 bits per heavy atom. The van der Waals surface area contributed by atoms with Crippen LogP contribution in [0.25, 0.3) is 0 Å². The molecule has 0 rings (SSSR count). The van der Waals surface area contributed by atoms with Gasteiger partial charge in [0.25, 0.3) is 7.82 Å². The summed E-state index contributed by atoms with van der Waals surface area (Å²) in [5.41, 5.74) is 0. The van der Waals surface area contributed by atoms with E-state index in [0.717, 1.165) is 57.8 Å². The third-order valence-electron chi connectivity index (χ3n) is 15.2. The van der Waals surface area contributed by atoms with Crippen molar-refractivity contribution in [3.8, 4) is 0 Å². The molecule has 446 valence electrons. The lowest BCUT2D eigenvalue weighted by Crippen LogP contribution is -2.47.